The third-order valence-corrected chi connectivity index (χ3v) is 3.08. The molecule has 8 heteroatoms. The number of hydrogen-bond acceptors (Lipinski definition) is 6. The Hall–Kier alpha value is -0.250. The maximum Gasteiger partial charge on any atom is 0.264 e. The second kappa shape index (κ2) is 7.15. The van der Waals surface area contributed by atoms with E-state index in [1.807, 2.05) is 0 Å². The molecule has 0 aromatic carbocycles. The van der Waals surface area contributed by atoms with Gasteiger partial charge in [-0.3, -0.25) is 4.55 Å². The minimum absolute atomic E-state index is 0.159. The van der Waals surface area contributed by atoms with Crippen LogP contribution < -0.4 is 5.32 Å². The first-order valence-electron chi connectivity index (χ1n) is 4.92. The molecule has 16 heavy (non-hydrogen) atoms. The zero-order valence-electron chi connectivity index (χ0n) is 8.96. The van der Waals surface area contributed by atoms with Gasteiger partial charge < -0.3 is 20.6 Å². The average molecular weight is 257 g/mol. The first-order chi connectivity index (χ1) is 7.39. The van der Waals surface area contributed by atoms with Crippen molar-refractivity contribution in [2.75, 3.05) is 32.1 Å². The number of nitrogens with one attached hydrogen (secondary N) is 1. The highest BCUT2D eigenvalue weighted by molar-refractivity contribution is 7.85. The molecule has 0 atom stereocenters. The molecule has 0 spiro atoms. The van der Waals surface area contributed by atoms with E-state index in [9.17, 15) is 8.42 Å². The molecule has 0 fully saturated rings. The summed E-state index contributed by atoms with van der Waals surface area (Å²) in [5.74, 6) is -0.383. The van der Waals surface area contributed by atoms with Crippen molar-refractivity contribution in [3.05, 3.63) is 0 Å². The van der Waals surface area contributed by atoms with Crippen molar-refractivity contribution in [3.63, 3.8) is 0 Å². The van der Waals surface area contributed by atoms with E-state index >= 15 is 0 Å². The minimum Gasteiger partial charge on any atom is -0.396 e. The second-order valence-electron chi connectivity index (χ2n) is 3.64. The van der Waals surface area contributed by atoms with Crippen LogP contribution in [0.15, 0.2) is 0 Å². The first-order valence-corrected chi connectivity index (χ1v) is 6.53. The third-order valence-electron chi connectivity index (χ3n) is 2.27. The SMILES string of the molecule is O=S(=O)(O)CCCNC(CO)(CO)CCO. The molecule has 0 amide bonds. The molecule has 0 saturated carbocycles. The second-order valence-corrected chi connectivity index (χ2v) is 5.21. The predicted molar refractivity (Wildman–Crippen MR) is 57.6 cm³/mol. The lowest BCUT2D eigenvalue weighted by atomic mass is 9.98. The molecule has 7 nitrogen and oxygen atoms in total. The zero-order chi connectivity index (χ0) is 12.7. The van der Waals surface area contributed by atoms with E-state index in [1.54, 1.807) is 0 Å². The van der Waals surface area contributed by atoms with E-state index in [4.69, 9.17) is 19.9 Å². The smallest absolute Gasteiger partial charge is 0.264 e. The zero-order valence-corrected chi connectivity index (χ0v) is 9.78. The molecule has 0 radical (unpaired) electrons. The van der Waals surface area contributed by atoms with E-state index < -0.39 is 15.7 Å². The largest absolute Gasteiger partial charge is 0.396 e. The lowest BCUT2D eigenvalue weighted by Crippen LogP contribution is -2.52. The van der Waals surface area contributed by atoms with Crippen molar-refractivity contribution in [3.8, 4) is 0 Å². The van der Waals surface area contributed by atoms with E-state index in [0.717, 1.165) is 0 Å². The first kappa shape index (κ1) is 15.8. The normalized spacial score (nSPS) is 13.0. The van der Waals surface area contributed by atoms with Gasteiger partial charge in [-0.15, -0.1) is 0 Å². The molecule has 0 bridgehead atoms. The Labute approximate surface area is 94.9 Å². The fourth-order valence-corrected chi connectivity index (χ4v) is 1.74. The summed E-state index contributed by atoms with van der Waals surface area (Å²) < 4.78 is 29.3. The maximum atomic E-state index is 10.4. The minimum atomic E-state index is -3.98. The number of hydrogen-bond donors (Lipinski definition) is 5. The topological polar surface area (TPSA) is 127 Å². The molecular formula is C8H19NO6S. The molecule has 0 aliphatic rings. The third kappa shape index (κ3) is 6.36. The Bertz CT molecular complexity index is 274. The lowest BCUT2D eigenvalue weighted by molar-refractivity contribution is 0.0688. The van der Waals surface area contributed by atoms with Gasteiger partial charge in [0.15, 0.2) is 0 Å². The number of rotatable bonds is 9. The van der Waals surface area contributed by atoms with Gasteiger partial charge in [0.25, 0.3) is 10.1 Å². The van der Waals surface area contributed by atoms with Gasteiger partial charge in [-0.2, -0.15) is 8.42 Å². The summed E-state index contributed by atoms with van der Waals surface area (Å²) in [7, 11) is -3.98. The van der Waals surface area contributed by atoms with Crippen molar-refractivity contribution in [1.29, 1.82) is 0 Å². The van der Waals surface area contributed by atoms with Crippen LogP contribution in [-0.2, 0) is 10.1 Å². The van der Waals surface area contributed by atoms with E-state index in [0.29, 0.717) is 0 Å². The number of aliphatic hydroxyl groups is 3. The van der Waals surface area contributed by atoms with Crippen molar-refractivity contribution < 1.29 is 28.3 Å². The fourth-order valence-electron chi connectivity index (χ4n) is 1.23. The van der Waals surface area contributed by atoms with Gasteiger partial charge in [0, 0.05) is 6.61 Å². The Balaban J connectivity index is 4.03. The highest BCUT2D eigenvalue weighted by Gasteiger charge is 2.27. The molecule has 0 aliphatic heterocycles. The summed E-state index contributed by atoms with van der Waals surface area (Å²) in [5, 5.41) is 29.7. The van der Waals surface area contributed by atoms with Crippen molar-refractivity contribution in [2.45, 2.75) is 18.4 Å². The van der Waals surface area contributed by atoms with Gasteiger partial charge in [0.1, 0.15) is 0 Å². The monoisotopic (exact) mass is 257 g/mol. The van der Waals surface area contributed by atoms with Gasteiger partial charge in [-0.05, 0) is 19.4 Å². The molecular weight excluding hydrogens is 238 g/mol. The highest BCUT2D eigenvalue weighted by Crippen LogP contribution is 2.08. The molecule has 98 valence electrons. The molecule has 0 unspecified atom stereocenters. The van der Waals surface area contributed by atoms with Crippen molar-refractivity contribution in [1.82, 2.24) is 5.32 Å². The number of aliphatic hydroxyl groups excluding tert-OH is 3. The van der Waals surface area contributed by atoms with Crippen molar-refractivity contribution in [2.24, 2.45) is 0 Å². The summed E-state index contributed by atoms with van der Waals surface area (Å²) in [6.45, 7) is -0.723. The van der Waals surface area contributed by atoms with Gasteiger partial charge >= 0.3 is 0 Å². The van der Waals surface area contributed by atoms with Crippen LogP contribution >= 0.6 is 0 Å². The van der Waals surface area contributed by atoms with Crippen LogP contribution in [0.25, 0.3) is 0 Å². The predicted octanol–water partition coefficient (Wildman–Crippen LogP) is -2.04. The summed E-state index contributed by atoms with van der Waals surface area (Å²) in [6, 6.07) is 0. The lowest BCUT2D eigenvalue weighted by Gasteiger charge is -2.30. The Morgan fingerprint density at radius 2 is 1.69 bits per heavy atom. The van der Waals surface area contributed by atoms with Crippen LogP contribution in [0.4, 0.5) is 0 Å². The van der Waals surface area contributed by atoms with Crippen LogP contribution in [0.1, 0.15) is 12.8 Å². The van der Waals surface area contributed by atoms with Crippen LogP contribution in [0.3, 0.4) is 0 Å². The standard InChI is InChI=1S/C8H19NO6S/c10-4-2-8(6-11,7-12)9-3-1-5-16(13,14)15/h9-12H,1-7H2,(H,13,14,15). The fraction of sp³-hybridized carbons (Fsp3) is 1.00. The molecule has 0 aromatic rings. The highest BCUT2D eigenvalue weighted by atomic mass is 32.2. The molecule has 5 N–H and O–H groups in total. The molecule has 0 aliphatic carbocycles. The van der Waals surface area contributed by atoms with Crippen LogP contribution in [0.5, 0.6) is 0 Å². The van der Waals surface area contributed by atoms with Gasteiger partial charge in [-0.1, -0.05) is 0 Å². The Morgan fingerprint density at radius 1 is 1.12 bits per heavy atom. The summed E-state index contributed by atoms with van der Waals surface area (Å²) in [5.41, 5.74) is -1.01. The van der Waals surface area contributed by atoms with Gasteiger partial charge in [0.05, 0.1) is 24.5 Å². The van der Waals surface area contributed by atoms with E-state index in [2.05, 4.69) is 5.32 Å². The molecule has 0 rings (SSSR count). The average Bonchev–Trinajstić information content (AvgIpc) is 2.21. The van der Waals surface area contributed by atoms with Gasteiger partial charge in [0.2, 0.25) is 0 Å². The van der Waals surface area contributed by atoms with E-state index in [-0.39, 0.29) is 45.0 Å². The molecule has 0 heterocycles. The Kier molecular flexibility index (Phi) is 7.04. The molecule has 0 aromatic heterocycles. The summed E-state index contributed by atoms with van der Waals surface area (Å²) in [4.78, 5) is 0. The quantitative estimate of drug-likeness (QED) is 0.238. The van der Waals surface area contributed by atoms with Crippen molar-refractivity contribution >= 4 is 10.1 Å². The summed E-state index contributed by atoms with van der Waals surface area (Å²) in [6.07, 6.45) is 0.317. The van der Waals surface area contributed by atoms with Crippen LogP contribution in [-0.4, -0.2) is 65.9 Å². The van der Waals surface area contributed by atoms with Crippen LogP contribution in [0, 0.1) is 0 Å². The van der Waals surface area contributed by atoms with E-state index in [1.165, 1.54) is 0 Å². The summed E-state index contributed by atoms with van der Waals surface area (Å²) >= 11 is 0. The van der Waals surface area contributed by atoms with Crippen LogP contribution in [0.2, 0.25) is 0 Å². The molecule has 0 saturated heterocycles. The Morgan fingerprint density at radius 3 is 2.06 bits per heavy atom. The van der Waals surface area contributed by atoms with Gasteiger partial charge in [-0.25, -0.2) is 0 Å². The maximum absolute atomic E-state index is 10.4.